The molecule has 0 amide bonds. The van der Waals surface area contributed by atoms with E-state index in [0.29, 0.717) is 24.3 Å². The van der Waals surface area contributed by atoms with Crippen molar-refractivity contribution in [3.05, 3.63) is 23.7 Å². The van der Waals surface area contributed by atoms with Gasteiger partial charge in [0.2, 0.25) is 11.8 Å². The standard InChI is InChI=1S/C13H21N5O2/c1-4-6-14-9(3)12-17-18-13(20-12)16-8-11-15-7-10(5-2)19-11/h7,9,14H,4-6,8H2,1-3H3,(H,16,18). The van der Waals surface area contributed by atoms with E-state index < -0.39 is 0 Å². The first kappa shape index (κ1) is 14.5. The minimum Gasteiger partial charge on any atom is -0.444 e. The molecule has 0 spiro atoms. The van der Waals surface area contributed by atoms with Gasteiger partial charge < -0.3 is 19.5 Å². The molecule has 7 heteroatoms. The van der Waals surface area contributed by atoms with Gasteiger partial charge in [0.25, 0.3) is 0 Å². The molecule has 0 radical (unpaired) electrons. The highest BCUT2D eigenvalue weighted by Gasteiger charge is 2.13. The molecule has 2 heterocycles. The Balaban J connectivity index is 1.86. The van der Waals surface area contributed by atoms with Crippen LogP contribution in [0.1, 0.15) is 50.8 Å². The highest BCUT2D eigenvalue weighted by atomic mass is 16.4. The number of anilines is 1. The lowest BCUT2D eigenvalue weighted by atomic mass is 10.3. The number of oxazole rings is 1. The van der Waals surface area contributed by atoms with Crippen LogP contribution in [0.5, 0.6) is 0 Å². The van der Waals surface area contributed by atoms with Crippen molar-refractivity contribution in [3.63, 3.8) is 0 Å². The minimum atomic E-state index is 0.0476. The summed E-state index contributed by atoms with van der Waals surface area (Å²) < 4.78 is 11.0. The van der Waals surface area contributed by atoms with Crippen LogP contribution in [0.2, 0.25) is 0 Å². The average molecular weight is 279 g/mol. The quantitative estimate of drug-likeness (QED) is 0.766. The summed E-state index contributed by atoms with van der Waals surface area (Å²) in [4.78, 5) is 4.15. The number of hydrogen-bond acceptors (Lipinski definition) is 7. The molecular formula is C13H21N5O2. The number of rotatable bonds is 8. The Morgan fingerprint density at radius 1 is 1.25 bits per heavy atom. The van der Waals surface area contributed by atoms with Crippen molar-refractivity contribution in [2.24, 2.45) is 0 Å². The van der Waals surface area contributed by atoms with E-state index in [0.717, 1.165) is 25.1 Å². The lowest BCUT2D eigenvalue weighted by Gasteiger charge is -2.07. The van der Waals surface area contributed by atoms with Gasteiger partial charge in [0, 0.05) is 6.42 Å². The first-order valence-electron chi connectivity index (χ1n) is 6.97. The van der Waals surface area contributed by atoms with Gasteiger partial charge in [-0.05, 0) is 19.9 Å². The van der Waals surface area contributed by atoms with Crippen LogP contribution in [-0.4, -0.2) is 21.7 Å². The van der Waals surface area contributed by atoms with Gasteiger partial charge in [-0.25, -0.2) is 4.98 Å². The SMILES string of the molecule is CCCNC(C)c1nnc(NCc2ncc(CC)o2)o1. The van der Waals surface area contributed by atoms with Crippen LogP contribution in [-0.2, 0) is 13.0 Å². The maximum Gasteiger partial charge on any atom is 0.315 e. The highest BCUT2D eigenvalue weighted by molar-refractivity contribution is 5.18. The molecule has 2 N–H and O–H groups in total. The zero-order chi connectivity index (χ0) is 14.4. The predicted molar refractivity (Wildman–Crippen MR) is 74.2 cm³/mol. The fraction of sp³-hybridized carbons (Fsp3) is 0.615. The molecule has 0 aromatic carbocycles. The predicted octanol–water partition coefficient (Wildman–Crippen LogP) is 2.29. The molecule has 0 fully saturated rings. The van der Waals surface area contributed by atoms with Crippen LogP contribution in [0.4, 0.5) is 6.01 Å². The van der Waals surface area contributed by atoms with Crippen LogP contribution in [0.15, 0.2) is 15.0 Å². The summed E-state index contributed by atoms with van der Waals surface area (Å²) in [7, 11) is 0. The Bertz CT molecular complexity index is 522. The Hall–Kier alpha value is -1.89. The molecule has 0 saturated heterocycles. The molecule has 0 aliphatic heterocycles. The largest absolute Gasteiger partial charge is 0.444 e. The van der Waals surface area contributed by atoms with Crippen molar-refractivity contribution in [2.45, 2.75) is 46.2 Å². The Labute approximate surface area is 118 Å². The lowest BCUT2D eigenvalue weighted by molar-refractivity contribution is 0.420. The van der Waals surface area contributed by atoms with E-state index in [4.69, 9.17) is 8.83 Å². The van der Waals surface area contributed by atoms with Gasteiger partial charge in [0.05, 0.1) is 18.8 Å². The molecule has 2 aromatic heterocycles. The van der Waals surface area contributed by atoms with Gasteiger partial charge in [-0.3, -0.25) is 0 Å². The van der Waals surface area contributed by atoms with Gasteiger partial charge in [0.1, 0.15) is 5.76 Å². The summed E-state index contributed by atoms with van der Waals surface area (Å²) in [5.41, 5.74) is 0. The molecule has 2 rings (SSSR count). The number of aromatic nitrogens is 3. The number of nitrogens with zero attached hydrogens (tertiary/aromatic N) is 3. The van der Waals surface area contributed by atoms with Crippen molar-refractivity contribution < 1.29 is 8.83 Å². The topological polar surface area (TPSA) is 89.0 Å². The van der Waals surface area contributed by atoms with Gasteiger partial charge in [-0.1, -0.05) is 18.9 Å². The second-order valence-corrected chi connectivity index (χ2v) is 4.55. The summed E-state index contributed by atoms with van der Waals surface area (Å²) in [6.07, 6.45) is 3.62. The molecule has 2 aromatic rings. The van der Waals surface area contributed by atoms with E-state index in [2.05, 4.69) is 32.7 Å². The van der Waals surface area contributed by atoms with Crippen LogP contribution in [0.25, 0.3) is 0 Å². The van der Waals surface area contributed by atoms with Crippen molar-refractivity contribution in [3.8, 4) is 0 Å². The fourth-order valence-electron chi connectivity index (χ4n) is 1.67. The second kappa shape index (κ2) is 7.04. The molecular weight excluding hydrogens is 258 g/mol. The van der Waals surface area contributed by atoms with Gasteiger partial charge in [0.15, 0.2) is 0 Å². The number of hydrogen-bond donors (Lipinski definition) is 2. The van der Waals surface area contributed by atoms with E-state index >= 15 is 0 Å². The molecule has 110 valence electrons. The van der Waals surface area contributed by atoms with E-state index in [1.54, 1.807) is 6.20 Å². The van der Waals surface area contributed by atoms with E-state index in [-0.39, 0.29) is 6.04 Å². The third-order valence-electron chi connectivity index (χ3n) is 2.85. The fourth-order valence-corrected chi connectivity index (χ4v) is 1.67. The van der Waals surface area contributed by atoms with Crippen LogP contribution >= 0.6 is 0 Å². The summed E-state index contributed by atoms with van der Waals surface area (Å²) in [5, 5.41) is 14.3. The Morgan fingerprint density at radius 3 is 2.80 bits per heavy atom. The smallest absolute Gasteiger partial charge is 0.315 e. The van der Waals surface area contributed by atoms with E-state index in [9.17, 15) is 0 Å². The first-order valence-corrected chi connectivity index (χ1v) is 6.97. The maximum absolute atomic E-state index is 5.53. The van der Waals surface area contributed by atoms with Crippen molar-refractivity contribution >= 4 is 6.01 Å². The summed E-state index contributed by atoms with van der Waals surface area (Å²) >= 11 is 0. The van der Waals surface area contributed by atoms with Gasteiger partial charge in [-0.2, -0.15) is 0 Å². The van der Waals surface area contributed by atoms with E-state index in [1.807, 2.05) is 13.8 Å². The average Bonchev–Trinajstić information content (AvgIpc) is 3.11. The molecule has 1 atom stereocenters. The van der Waals surface area contributed by atoms with Gasteiger partial charge >= 0.3 is 6.01 Å². The van der Waals surface area contributed by atoms with E-state index in [1.165, 1.54) is 0 Å². The van der Waals surface area contributed by atoms with Gasteiger partial charge in [-0.15, -0.1) is 5.10 Å². The molecule has 0 saturated carbocycles. The van der Waals surface area contributed by atoms with Crippen LogP contribution in [0.3, 0.4) is 0 Å². The third kappa shape index (κ3) is 3.80. The second-order valence-electron chi connectivity index (χ2n) is 4.55. The zero-order valence-corrected chi connectivity index (χ0v) is 12.1. The molecule has 1 unspecified atom stereocenters. The Kier molecular flexibility index (Phi) is 5.11. The first-order chi connectivity index (χ1) is 9.72. The summed E-state index contributed by atoms with van der Waals surface area (Å²) in [6, 6.07) is 0.424. The van der Waals surface area contributed by atoms with Crippen molar-refractivity contribution in [1.82, 2.24) is 20.5 Å². The van der Waals surface area contributed by atoms with Crippen molar-refractivity contribution in [2.75, 3.05) is 11.9 Å². The number of aryl methyl sites for hydroxylation is 1. The molecule has 20 heavy (non-hydrogen) atoms. The molecule has 0 aliphatic carbocycles. The summed E-state index contributed by atoms with van der Waals surface area (Å²) in [5.74, 6) is 2.05. The monoisotopic (exact) mass is 279 g/mol. The van der Waals surface area contributed by atoms with Crippen molar-refractivity contribution in [1.29, 1.82) is 0 Å². The molecule has 0 aliphatic rings. The minimum absolute atomic E-state index is 0.0476. The molecule has 7 nitrogen and oxygen atoms in total. The highest BCUT2D eigenvalue weighted by Crippen LogP contribution is 2.14. The maximum atomic E-state index is 5.53. The normalized spacial score (nSPS) is 12.6. The third-order valence-corrected chi connectivity index (χ3v) is 2.85. The Morgan fingerprint density at radius 2 is 2.10 bits per heavy atom. The number of nitrogens with one attached hydrogen (secondary N) is 2. The van der Waals surface area contributed by atoms with Crippen LogP contribution < -0.4 is 10.6 Å². The lowest BCUT2D eigenvalue weighted by Crippen LogP contribution is -2.19. The molecule has 0 bridgehead atoms. The zero-order valence-electron chi connectivity index (χ0n) is 12.1. The summed E-state index contributed by atoms with van der Waals surface area (Å²) in [6.45, 7) is 7.48. The van der Waals surface area contributed by atoms with Crippen LogP contribution in [0, 0.1) is 0 Å².